The van der Waals surface area contributed by atoms with Crippen LogP contribution in [0.25, 0.3) is 0 Å². The predicted octanol–water partition coefficient (Wildman–Crippen LogP) is 4.02. The minimum Gasteiger partial charge on any atom is -0.455 e. The molecule has 0 bridgehead atoms. The summed E-state index contributed by atoms with van der Waals surface area (Å²) < 4.78 is 43.0. The van der Waals surface area contributed by atoms with Gasteiger partial charge in [-0.05, 0) is 42.3 Å². The average molecular weight is 401 g/mol. The highest BCUT2D eigenvalue weighted by Gasteiger charge is 2.19. The zero-order chi connectivity index (χ0) is 20.1. The molecule has 7 heteroatoms. The molecule has 5 nitrogen and oxygen atoms in total. The van der Waals surface area contributed by atoms with Crippen LogP contribution in [0.4, 0.5) is 4.39 Å². The fraction of sp³-hybridized carbons (Fsp3) is 0.190. The number of benzene rings is 2. The third-order valence-electron chi connectivity index (χ3n) is 4.19. The van der Waals surface area contributed by atoms with Crippen LogP contribution < -0.4 is 5.32 Å². The molecule has 1 unspecified atom stereocenters. The summed E-state index contributed by atoms with van der Waals surface area (Å²) in [6, 6.07) is 17.5. The molecule has 3 rings (SSSR count). The van der Waals surface area contributed by atoms with Crippen LogP contribution in [0.15, 0.2) is 71.1 Å². The fourth-order valence-electron chi connectivity index (χ4n) is 2.77. The number of furan rings is 1. The third kappa shape index (κ3) is 5.29. The van der Waals surface area contributed by atoms with Crippen molar-refractivity contribution >= 4 is 15.7 Å². The van der Waals surface area contributed by atoms with E-state index in [1.807, 2.05) is 37.3 Å². The van der Waals surface area contributed by atoms with Crippen molar-refractivity contribution in [3.05, 3.63) is 95.2 Å². The van der Waals surface area contributed by atoms with Crippen LogP contribution in [0.3, 0.4) is 0 Å². The number of halogens is 1. The summed E-state index contributed by atoms with van der Waals surface area (Å²) in [4.78, 5) is 12.3. The molecule has 1 heterocycles. The number of nitrogens with one attached hydrogen (secondary N) is 1. The molecule has 1 N–H and O–H groups in total. The van der Waals surface area contributed by atoms with Crippen LogP contribution in [0, 0.1) is 5.82 Å². The highest BCUT2D eigenvalue weighted by Crippen LogP contribution is 2.17. The molecule has 1 aromatic heterocycles. The maximum Gasteiger partial charge on any atom is 0.287 e. The van der Waals surface area contributed by atoms with Crippen molar-refractivity contribution in [2.24, 2.45) is 0 Å². The van der Waals surface area contributed by atoms with Crippen molar-refractivity contribution in [1.82, 2.24) is 5.32 Å². The summed E-state index contributed by atoms with van der Waals surface area (Å²) in [6.07, 6.45) is 0. The zero-order valence-corrected chi connectivity index (χ0v) is 16.1. The van der Waals surface area contributed by atoms with Gasteiger partial charge in [-0.3, -0.25) is 4.79 Å². The Hall–Kier alpha value is -2.93. The van der Waals surface area contributed by atoms with Gasteiger partial charge < -0.3 is 9.73 Å². The smallest absolute Gasteiger partial charge is 0.287 e. The molecule has 28 heavy (non-hydrogen) atoms. The lowest BCUT2D eigenvalue weighted by Gasteiger charge is -2.13. The molecule has 0 aliphatic heterocycles. The molecule has 0 aliphatic carbocycles. The van der Waals surface area contributed by atoms with Gasteiger partial charge in [0.15, 0.2) is 15.6 Å². The first kappa shape index (κ1) is 19.8. The second kappa shape index (κ2) is 8.39. The Morgan fingerprint density at radius 1 is 1.00 bits per heavy atom. The van der Waals surface area contributed by atoms with Gasteiger partial charge in [0, 0.05) is 0 Å². The minimum atomic E-state index is -3.53. The first-order valence-corrected chi connectivity index (χ1v) is 10.5. The Bertz CT molecular complexity index is 1040. The number of amides is 1. The topological polar surface area (TPSA) is 76.4 Å². The zero-order valence-electron chi connectivity index (χ0n) is 15.3. The Labute approximate surface area is 163 Å². The van der Waals surface area contributed by atoms with Crippen LogP contribution in [0.1, 0.15) is 40.4 Å². The molecule has 2 aromatic carbocycles. The van der Waals surface area contributed by atoms with Crippen molar-refractivity contribution in [2.75, 3.05) is 0 Å². The van der Waals surface area contributed by atoms with Crippen molar-refractivity contribution < 1.29 is 22.0 Å². The van der Waals surface area contributed by atoms with Gasteiger partial charge in [-0.1, -0.05) is 42.5 Å². The largest absolute Gasteiger partial charge is 0.455 e. The number of hydrogen-bond acceptors (Lipinski definition) is 4. The monoisotopic (exact) mass is 401 g/mol. The Balaban J connectivity index is 1.63. The maximum absolute atomic E-state index is 12.9. The van der Waals surface area contributed by atoms with E-state index in [1.54, 1.807) is 0 Å². The van der Waals surface area contributed by atoms with E-state index in [4.69, 9.17) is 4.42 Å². The number of carbonyl (C=O) groups is 1. The predicted molar refractivity (Wildman–Crippen MR) is 104 cm³/mol. The van der Waals surface area contributed by atoms with Crippen LogP contribution in [0.5, 0.6) is 0 Å². The Kier molecular flexibility index (Phi) is 5.94. The van der Waals surface area contributed by atoms with E-state index in [1.165, 1.54) is 36.4 Å². The minimum absolute atomic E-state index is 0.0507. The lowest BCUT2D eigenvalue weighted by Crippen LogP contribution is -2.26. The standard InChI is InChI=1S/C21H20FNO4S/c1-15(17-5-3-2-4-6-17)23-21(24)20-12-11-19(27-20)14-28(25,26)13-16-7-9-18(22)10-8-16/h2-12,15H,13-14H2,1H3,(H,23,24). The molecule has 0 saturated heterocycles. The first-order chi connectivity index (χ1) is 13.3. The van der Waals surface area contributed by atoms with Gasteiger partial charge >= 0.3 is 0 Å². The fourth-order valence-corrected chi connectivity index (χ4v) is 4.16. The molecule has 3 aromatic rings. The summed E-state index contributed by atoms with van der Waals surface area (Å²) in [5, 5.41) is 2.82. The SMILES string of the molecule is CC(NC(=O)c1ccc(CS(=O)(=O)Cc2ccc(F)cc2)o1)c1ccccc1. The van der Waals surface area contributed by atoms with E-state index in [9.17, 15) is 17.6 Å². The number of rotatable bonds is 7. The Morgan fingerprint density at radius 2 is 1.68 bits per heavy atom. The normalized spacial score (nSPS) is 12.5. The number of sulfone groups is 1. The summed E-state index contributed by atoms with van der Waals surface area (Å²) in [5.41, 5.74) is 1.44. The lowest BCUT2D eigenvalue weighted by atomic mass is 10.1. The van der Waals surface area contributed by atoms with E-state index < -0.39 is 21.6 Å². The molecular weight excluding hydrogens is 381 g/mol. The molecule has 146 valence electrons. The van der Waals surface area contributed by atoms with Crippen molar-refractivity contribution in [1.29, 1.82) is 0 Å². The van der Waals surface area contributed by atoms with Crippen LogP contribution in [0.2, 0.25) is 0 Å². The molecular formula is C21H20FNO4S. The van der Waals surface area contributed by atoms with Gasteiger partial charge in [-0.2, -0.15) is 0 Å². The van der Waals surface area contributed by atoms with Gasteiger partial charge in [0.05, 0.1) is 11.8 Å². The van der Waals surface area contributed by atoms with Crippen LogP contribution in [-0.4, -0.2) is 14.3 Å². The summed E-state index contributed by atoms with van der Waals surface area (Å²) in [5.74, 6) is -1.19. The third-order valence-corrected chi connectivity index (χ3v) is 5.69. The molecule has 1 amide bonds. The van der Waals surface area contributed by atoms with E-state index in [2.05, 4.69) is 5.32 Å². The Morgan fingerprint density at radius 3 is 2.36 bits per heavy atom. The van der Waals surface area contributed by atoms with Gasteiger partial charge in [-0.15, -0.1) is 0 Å². The van der Waals surface area contributed by atoms with Crippen molar-refractivity contribution in [3.8, 4) is 0 Å². The molecule has 0 saturated carbocycles. The maximum atomic E-state index is 12.9. The van der Waals surface area contributed by atoms with Crippen LogP contribution >= 0.6 is 0 Å². The van der Waals surface area contributed by atoms with E-state index in [-0.39, 0.29) is 29.1 Å². The molecule has 1 atom stereocenters. The molecule has 0 aliphatic rings. The summed E-state index contributed by atoms with van der Waals surface area (Å²) in [6.45, 7) is 1.85. The highest BCUT2D eigenvalue weighted by molar-refractivity contribution is 7.89. The second-order valence-electron chi connectivity index (χ2n) is 6.53. The molecule has 0 fully saturated rings. The average Bonchev–Trinajstić information content (AvgIpc) is 3.12. The highest BCUT2D eigenvalue weighted by atomic mass is 32.2. The summed E-state index contributed by atoms with van der Waals surface area (Å²) in [7, 11) is -3.53. The first-order valence-electron chi connectivity index (χ1n) is 8.72. The van der Waals surface area contributed by atoms with Crippen molar-refractivity contribution in [3.63, 3.8) is 0 Å². The van der Waals surface area contributed by atoms with Gasteiger partial charge in [-0.25, -0.2) is 12.8 Å². The number of carbonyl (C=O) groups excluding carboxylic acids is 1. The van der Waals surface area contributed by atoms with Gasteiger partial charge in [0.2, 0.25) is 0 Å². The van der Waals surface area contributed by atoms with E-state index in [0.717, 1.165) is 5.56 Å². The lowest BCUT2D eigenvalue weighted by molar-refractivity contribution is 0.0910. The van der Waals surface area contributed by atoms with Crippen LogP contribution in [-0.2, 0) is 21.3 Å². The summed E-state index contributed by atoms with van der Waals surface area (Å²) >= 11 is 0. The van der Waals surface area contributed by atoms with Crippen molar-refractivity contribution in [2.45, 2.75) is 24.5 Å². The second-order valence-corrected chi connectivity index (χ2v) is 8.59. The van der Waals surface area contributed by atoms with E-state index in [0.29, 0.717) is 5.56 Å². The van der Waals surface area contributed by atoms with Gasteiger partial charge in [0.1, 0.15) is 17.3 Å². The quantitative estimate of drug-likeness (QED) is 0.649. The number of hydrogen-bond donors (Lipinski definition) is 1. The molecule has 0 radical (unpaired) electrons. The van der Waals surface area contributed by atoms with Gasteiger partial charge in [0.25, 0.3) is 5.91 Å². The molecule has 0 spiro atoms. The van der Waals surface area contributed by atoms with E-state index >= 15 is 0 Å².